The van der Waals surface area contributed by atoms with Gasteiger partial charge in [0.15, 0.2) is 0 Å². The van der Waals surface area contributed by atoms with Crippen molar-refractivity contribution in [1.82, 2.24) is 9.88 Å². The lowest BCUT2D eigenvalue weighted by molar-refractivity contribution is -0.135. The second kappa shape index (κ2) is 4.35. The summed E-state index contributed by atoms with van der Waals surface area (Å²) in [6.45, 7) is 0. The van der Waals surface area contributed by atoms with E-state index in [1.807, 2.05) is 24.3 Å². The van der Waals surface area contributed by atoms with Gasteiger partial charge in [-0.1, -0.05) is 24.3 Å². The smallest absolute Gasteiger partial charge is 0.251 e. The first-order chi connectivity index (χ1) is 9.15. The number of rotatable bonds is 1. The molecule has 96 valence electrons. The van der Waals surface area contributed by atoms with Crippen molar-refractivity contribution in [2.45, 2.75) is 18.9 Å². The van der Waals surface area contributed by atoms with E-state index in [0.29, 0.717) is 6.42 Å². The van der Waals surface area contributed by atoms with Crippen LogP contribution >= 0.6 is 0 Å². The normalized spacial score (nSPS) is 19.5. The third kappa shape index (κ3) is 2.03. The predicted octanol–water partition coefficient (Wildman–Crippen LogP) is 0.979. The minimum absolute atomic E-state index is 0.229. The molecule has 1 aliphatic heterocycles. The molecule has 1 N–H and O–H groups in total. The number of imide groups is 1. The number of piperidine rings is 1. The van der Waals surface area contributed by atoms with Crippen molar-refractivity contribution in [2.24, 2.45) is 0 Å². The predicted molar refractivity (Wildman–Crippen MR) is 69.6 cm³/mol. The Balaban J connectivity index is 2.10. The summed E-state index contributed by atoms with van der Waals surface area (Å²) in [5.41, 5.74) is -0.229. The number of nitrogens with zero attached hydrogens (tertiary/aromatic N) is 1. The summed E-state index contributed by atoms with van der Waals surface area (Å²) in [5.74, 6) is -0.691. The van der Waals surface area contributed by atoms with Crippen molar-refractivity contribution < 1.29 is 9.59 Å². The van der Waals surface area contributed by atoms with Crippen LogP contribution in [0, 0.1) is 0 Å². The highest BCUT2D eigenvalue weighted by molar-refractivity contribution is 5.99. The number of amides is 2. The lowest BCUT2D eigenvalue weighted by atomic mass is 10.1. The van der Waals surface area contributed by atoms with E-state index in [1.165, 1.54) is 10.6 Å². The Hall–Kier alpha value is -2.43. The molecule has 0 spiro atoms. The molecule has 1 saturated heterocycles. The van der Waals surface area contributed by atoms with Gasteiger partial charge in [-0.2, -0.15) is 0 Å². The number of hydrogen-bond donors (Lipinski definition) is 1. The monoisotopic (exact) mass is 256 g/mol. The third-order valence-electron chi connectivity index (χ3n) is 3.35. The Morgan fingerprint density at radius 3 is 2.58 bits per heavy atom. The fraction of sp³-hybridized carbons (Fsp3) is 0.214. The Labute approximate surface area is 108 Å². The molecule has 2 aromatic rings. The van der Waals surface area contributed by atoms with Crippen LogP contribution < -0.4 is 10.9 Å². The van der Waals surface area contributed by atoms with Crippen molar-refractivity contribution in [3.8, 4) is 0 Å². The number of carbonyl (C=O) groups is 2. The summed E-state index contributed by atoms with van der Waals surface area (Å²) in [4.78, 5) is 35.0. The Bertz CT molecular complexity index is 733. The Morgan fingerprint density at radius 1 is 1.11 bits per heavy atom. The van der Waals surface area contributed by atoms with Gasteiger partial charge >= 0.3 is 0 Å². The van der Waals surface area contributed by atoms with Crippen molar-refractivity contribution >= 4 is 22.6 Å². The molecule has 1 aromatic carbocycles. The molecule has 19 heavy (non-hydrogen) atoms. The summed E-state index contributed by atoms with van der Waals surface area (Å²) in [6, 6.07) is 8.39. The molecule has 1 unspecified atom stereocenters. The Kier molecular flexibility index (Phi) is 2.67. The molecule has 2 heterocycles. The number of aromatic nitrogens is 1. The Morgan fingerprint density at radius 2 is 1.84 bits per heavy atom. The van der Waals surface area contributed by atoms with Gasteiger partial charge in [0.2, 0.25) is 11.8 Å². The molecule has 5 heteroatoms. The van der Waals surface area contributed by atoms with Crippen LogP contribution in [0.4, 0.5) is 0 Å². The quantitative estimate of drug-likeness (QED) is 0.773. The van der Waals surface area contributed by atoms with E-state index in [9.17, 15) is 14.4 Å². The van der Waals surface area contributed by atoms with Crippen LogP contribution in [-0.2, 0) is 9.59 Å². The first-order valence-electron chi connectivity index (χ1n) is 6.10. The summed E-state index contributed by atoms with van der Waals surface area (Å²) in [7, 11) is 0. The van der Waals surface area contributed by atoms with E-state index in [4.69, 9.17) is 0 Å². The molecule has 5 nitrogen and oxygen atoms in total. The second-order valence-corrected chi connectivity index (χ2v) is 4.61. The SMILES string of the molecule is O=C1CCC(n2cc3ccccc3cc2=O)C(=O)N1. The number of pyridine rings is 1. The number of hydrogen-bond acceptors (Lipinski definition) is 3. The molecule has 1 aliphatic rings. The van der Waals surface area contributed by atoms with E-state index in [2.05, 4.69) is 5.32 Å². The van der Waals surface area contributed by atoms with Gasteiger partial charge in [-0.05, 0) is 17.2 Å². The minimum Gasteiger partial charge on any atom is -0.302 e. The van der Waals surface area contributed by atoms with Crippen molar-refractivity contribution in [2.75, 3.05) is 0 Å². The van der Waals surface area contributed by atoms with Crippen molar-refractivity contribution in [1.29, 1.82) is 0 Å². The fourth-order valence-corrected chi connectivity index (χ4v) is 2.37. The lowest BCUT2D eigenvalue weighted by Crippen LogP contribution is -2.44. The van der Waals surface area contributed by atoms with Gasteiger partial charge in [0.25, 0.3) is 5.56 Å². The van der Waals surface area contributed by atoms with Crippen LogP contribution in [-0.4, -0.2) is 16.4 Å². The van der Waals surface area contributed by atoms with Crippen LogP contribution in [0.1, 0.15) is 18.9 Å². The number of fused-ring (bicyclic) bond motifs is 1. The molecule has 0 bridgehead atoms. The highest BCUT2D eigenvalue weighted by Crippen LogP contribution is 2.19. The molecular weight excluding hydrogens is 244 g/mol. The number of carbonyl (C=O) groups excluding carboxylic acids is 2. The van der Waals surface area contributed by atoms with E-state index in [0.717, 1.165) is 10.8 Å². The molecule has 2 amide bonds. The zero-order chi connectivity index (χ0) is 13.4. The molecule has 1 fully saturated rings. The zero-order valence-corrected chi connectivity index (χ0v) is 10.1. The standard InChI is InChI=1S/C14H12N2O3/c17-12-6-5-11(14(19)15-12)16-8-10-4-2-1-3-9(10)7-13(16)18/h1-4,7-8,11H,5-6H2,(H,15,17,19). The molecule has 0 saturated carbocycles. The van der Waals surface area contributed by atoms with Crippen LogP contribution in [0.25, 0.3) is 10.8 Å². The number of nitrogens with one attached hydrogen (secondary N) is 1. The second-order valence-electron chi connectivity index (χ2n) is 4.61. The van der Waals surface area contributed by atoms with Gasteiger partial charge in [-0.25, -0.2) is 0 Å². The summed E-state index contributed by atoms with van der Waals surface area (Å²) < 4.78 is 1.41. The van der Waals surface area contributed by atoms with Crippen LogP contribution in [0.2, 0.25) is 0 Å². The summed E-state index contributed by atoms with van der Waals surface area (Å²) >= 11 is 0. The van der Waals surface area contributed by atoms with Crippen molar-refractivity contribution in [3.05, 3.63) is 46.9 Å². The van der Waals surface area contributed by atoms with E-state index < -0.39 is 11.9 Å². The molecule has 3 rings (SSSR count). The zero-order valence-electron chi connectivity index (χ0n) is 10.1. The maximum atomic E-state index is 12.1. The van der Waals surface area contributed by atoms with Gasteiger partial charge in [0, 0.05) is 18.7 Å². The molecule has 1 aromatic heterocycles. The molecule has 0 aliphatic carbocycles. The van der Waals surface area contributed by atoms with Crippen molar-refractivity contribution in [3.63, 3.8) is 0 Å². The summed E-state index contributed by atoms with van der Waals surface area (Å²) in [6.07, 6.45) is 2.30. The van der Waals surface area contributed by atoms with E-state index >= 15 is 0 Å². The molecule has 0 radical (unpaired) electrons. The lowest BCUT2D eigenvalue weighted by Gasteiger charge is -2.23. The average Bonchev–Trinajstić information content (AvgIpc) is 2.38. The first-order valence-corrected chi connectivity index (χ1v) is 6.10. The fourth-order valence-electron chi connectivity index (χ4n) is 2.37. The van der Waals surface area contributed by atoms with Gasteiger partial charge in [0.05, 0.1) is 0 Å². The minimum atomic E-state index is -0.602. The number of benzene rings is 1. The van der Waals surface area contributed by atoms with Gasteiger partial charge in [-0.15, -0.1) is 0 Å². The molecular formula is C14H12N2O3. The van der Waals surface area contributed by atoms with Crippen LogP contribution in [0.15, 0.2) is 41.3 Å². The summed E-state index contributed by atoms with van der Waals surface area (Å²) in [5, 5.41) is 4.00. The van der Waals surface area contributed by atoms with E-state index in [-0.39, 0.29) is 17.9 Å². The largest absolute Gasteiger partial charge is 0.302 e. The average molecular weight is 256 g/mol. The highest BCUT2D eigenvalue weighted by atomic mass is 16.2. The molecule has 1 atom stereocenters. The maximum Gasteiger partial charge on any atom is 0.251 e. The van der Waals surface area contributed by atoms with Gasteiger partial charge < -0.3 is 4.57 Å². The van der Waals surface area contributed by atoms with Gasteiger partial charge in [-0.3, -0.25) is 19.7 Å². The highest BCUT2D eigenvalue weighted by Gasteiger charge is 2.28. The first kappa shape index (κ1) is 11.6. The van der Waals surface area contributed by atoms with Gasteiger partial charge in [0.1, 0.15) is 6.04 Å². The van der Waals surface area contributed by atoms with Crippen LogP contribution in [0.5, 0.6) is 0 Å². The third-order valence-corrected chi connectivity index (χ3v) is 3.35. The topological polar surface area (TPSA) is 68.2 Å². The van der Waals surface area contributed by atoms with Crippen LogP contribution in [0.3, 0.4) is 0 Å². The van der Waals surface area contributed by atoms with E-state index in [1.54, 1.807) is 6.20 Å². The maximum absolute atomic E-state index is 12.1.